The third-order valence-electron chi connectivity index (χ3n) is 3.69. The number of halogens is 1. The minimum atomic E-state index is -0.254. The van der Waals surface area contributed by atoms with Crippen LogP contribution < -0.4 is 10.6 Å². The second-order valence-electron chi connectivity index (χ2n) is 5.68. The topological polar surface area (TPSA) is 86.9 Å². The van der Waals surface area contributed by atoms with Gasteiger partial charge in [0, 0.05) is 24.2 Å². The van der Waals surface area contributed by atoms with Gasteiger partial charge in [-0.3, -0.25) is 9.59 Å². The lowest BCUT2D eigenvalue weighted by molar-refractivity contribution is -0.116. The van der Waals surface area contributed by atoms with E-state index in [1.54, 1.807) is 18.2 Å². The van der Waals surface area contributed by atoms with Crippen molar-refractivity contribution in [3.8, 4) is 0 Å². The Bertz CT molecular complexity index is 918. The van der Waals surface area contributed by atoms with Crippen LogP contribution in [0.15, 0.2) is 42.5 Å². The minimum absolute atomic E-state index is 0.153. The van der Waals surface area contributed by atoms with E-state index < -0.39 is 0 Å². The predicted octanol–water partition coefficient (Wildman–Crippen LogP) is 3.28. The number of H-pyrrole nitrogens is 1. The van der Waals surface area contributed by atoms with Crippen molar-refractivity contribution in [2.45, 2.75) is 13.3 Å². The summed E-state index contributed by atoms with van der Waals surface area (Å²) in [6.07, 6.45) is 0.192. The maximum atomic E-state index is 12.2. The van der Waals surface area contributed by atoms with Crippen LogP contribution in [0.5, 0.6) is 0 Å². The molecule has 0 unspecified atom stereocenters. The third kappa shape index (κ3) is 4.36. The van der Waals surface area contributed by atoms with E-state index in [-0.39, 0.29) is 30.1 Å². The smallest absolute Gasteiger partial charge is 0.251 e. The SMILES string of the molecule is Cc1ccc(NC(=O)CCNC(=O)c2ccc3nc(Cl)[nH]c3c2)cc1. The second-order valence-corrected chi connectivity index (χ2v) is 6.04. The highest BCUT2D eigenvalue weighted by atomic mass is 35.5. The summed E-state index contributed by atoms with van der Waals surface area (Å²) in [6.45, 7) is 2.23. The molecule has 0 aliphatic heterocycles. The monoisotopic (exact) mass is 356 g/mol. The van der Waals surface area contributed by atoms with Crippen molar-refractivity contribution < 1.29 is 9.59 Å². The lowest BCUT2D eigenvalue weighted by Gasteiger charge is -2.07. The molecule has 0 saturated carbocycles. The van der Waals surface area contributed by atoms with Crippen molar-refractivity contribution >= 4 is 40.1 Å². The van der Waals surface area contributed by atoms with Gasteiger partial charge in [0.05, 0.1) is 11.0 Å². The number of amides is 2. The Hall–Kier alpha value is -2.86. The molecular formula is C18H17ClN4O2. The zero-order valence-electron chi connectivity index (χ0n) is 13.6. The molecular weight excluding hydrogens is 340 g/mol. The predicted molar refractivity (Wildman–Crippen MR) is 97.9 cm³/mol. The Morgan fingerprint density at radius 2 is 1.92 bits per heavy atom. The normalized spacial score (nSPS) is 10.6. The standard InChI is InChI=1S/C18H17ClN4O2/c1-11-2-5-13(6-3-11)21-16(24)8-9-20-17(25)12-4-7-14-15(10-12)23-18(19)22-14/h2-7,10H,8-9H2,1H3,(H,20,25)(H,21,24)(H,22,23). The van der Waals surface area contributed by atoms with Crippen LogP contribution in [0.3, 0.4) is 0 Å². The average molecular weight is 357 g/mol. The van der Waals surface area contributed by atoms with Gasteiger partial charge in [-0.15, -0.1) is 0 Å². The van der Waals surface area contributed by atoms with Gasteiger partial charge >= 0.3 is 0 Å². The molecule has 0 radical (unpaired) electrons. The van der Waals surface area contributed by atoms with Crippen LogP contribution in [-0.4, -0.2) is 28.3 Å². The van der Waals surface area contributed by atoms with Crippen LogP contribution in [0.4, 0.5) is 5.69 Å². The molecule has 128 valence electrons. The van der Waals surface area contributed by atoms with Crippen LogP contribution in [0.2, 0.25) is 5.28 Å². The van der Waals surface area contributed by atoms with Gasteiger partial charge in [0.2, 0.25) is 11.2 Å². The zero-order chi connectivity index (χ0) is 17.8. The molecule has 3 aromatic rings. The highest BCUT2D eigenvalue weighted by Gasteiger charge is 2.09. The molecule has 0 bridgehead atoms. The van der Waals surface area contributed by atoms with E-state index in [9.17, 15) is 9.59 Å². The summed E-state index contributed by atoms with van der Waals surface area (Å²) in [6, 6.07) is 12.6. The Labute approximate surface area is 149 Å². The van der Waals surface area contributed by atoms with Crippen molar-refractivity contribution in [1.82, 2.24) is 15.3 Å². The van der Waals surface area contributed by atoms with Crippen LogP contribution in [-0.2, 0) is 4.79 Å². The lowest BCUT2D eigenvalue weighted by Crippen LogP contribution is -2.27. The van der Waals surface area contributed by atoms with Crippen LogP contribution >= 0.6 is 11.6 Å². The third-order valence-corrected chi connectivity index (χ3v) is 3.87. The number of carbonyl (C=O) groups excluding carboxylic acids is 2. The molecule has 6 nitrogen and oxygen atoms in total. The molecule has 1 aromatic heterocycles. The number of hydrogen-bond acceptors (Lipinski definition) is 3. The summed E-state index contributed by atoms with van der Waals surface area (Å²) in [7, 11) is 0. The maximum absolute atomic E-state index is 12.2. The fourth-order valence-electron chi connectivity index (χ4n) is 2.37. The van der Waals surface area contributed by atoms with Crippen LogP contribution in [0.25, 0.3) is 11.0 Å². The number of aryl methyl sites for hydroxylation is 1. The van der Waals surface area contributed by atoms with Crippen molar-refractivity contribution in [2.24, 2.45) is 0 Å². The first-order valence-corrected chi connectivity index (χ1v) is 8.19. The summed E-state index contributed by atoms with van der Waals surface area (Å²) in [4.78, 5) is 31.0. The summed E-state index contributed by atoms with van der Waals surface area (Å²) in [5.74, 6) is -0.407. The number of rotatable bonds is 5. The number of imidazole rings is 1. The highest BCUT2D eigenvalue weighted by Crippen LogP contribution is 2.16. The van der Waals surface area contributed by atoms with Crippen molar-refractivity contribution in [3.63, 3.8) is 0 Å². The number of carbonyl (C=O) groups is 2. The molecule has 1 heterocycles. The molecule has 0 aliphatic rings. The first-order valence-electron chi connectivity index (χ1n) is 7.81. The molecule has 2 aromatic carbocycles. The van der Waals surface area contributed by atoms with Crippen molar-refractivity contribution in [3.05, 3.63) is 58.9 Å². The summed E-state index contributed by atoms with van der Waals surface area (Å²) in [5, 5.41) is 5.80. The number of nitrogens with zero attached hydrogens (tertiary/aromatic N) is 1. The molecule has 3 N–H and O–H groups in total. The van der Waals surface area contributed by atoms with Crippen molar-refractivity contribution in [2.75, 3.05) is 11.9 Å². The Balaban J connectivity index is 1.51. The zero-order valence-corrected chi connectivity index (χ0v) is 14.4. The van der Waals surface area contributed by atoms with E-state index in [1.807, 2.05) is 31.2 Å². The van der Waals surface area contributed by atoms with E-state index in [4.69, 9.17) is 11.6 Å². The fourth-order valence-corrected chi connectivity index (χ4v) is 2.56. The van der Waals surface area contributed by atoms with E-state index >= 15 is 0 Å². The first kappa shape index (κ1) is 17.0. The Morgan fingerprint density at radius 1 is 1.16 bits per heavy atom. The lowest BCUT2D eigenvalue weighted by atomic mass is 10.2. The van der Waals surface area contributed by atoms with Gasteiger partial charge in [-0.25, -0.2) is 4.98 Å². The number of benzene rings is 2. The van der Waals surface area contributed by atoms with E-state index in [2.05, 4.69) is 20.6 Å². The number of nitrogens with one attached hydrogen (secondary N) is 3. The number of anilines is 1. The van der Waals surface area contributed by atoms with E-state index in [1.165, 1.54) is 0 Å². The van der Waals surface area contributed by atoms with Gasteiger partial charge < -0.3 is 15.6 Å². The average Bonchev–Trinajstić information content (AvgIpc) is 2.96. The Kier molecular flexibility index (Phi) is 5.00. The van der Waals surface area contributed by atoms with Gasteiger partial charge in [0.15, 0.2) is 0 Å². The molecule has 7 heteroatoms. The summed E-state index contributed by atoms with van der Waals surface area (Å²) < 4.78 is 0. The minimum Gasteiger partial charge on any atom is -0.352 e. The Morgan fingerprint density at radius 3 is 2.68 bits per heavy atom. The van der Waals surface area contributed by atoms with Crippen LogP contribution in [0, 0.1) is 6.92 Å². The molecule has 0 atom stereocenters. The van der Waals surface area contributed by atoms with Gasteiger partial charge in [-0.2, -0.15) is 0 Å². The number of aromatic amines is 1. The van der Waals surface area contributed by atoms with E-state index in [0.29, 0.717) is 16.6 Å². The molecule has 0 aliphatic carbocycles. The largest absolute Gasteiger partial charge is 0.352 e. The summed E-state index contributed by atoms with van der Waals surface area (Å²) >= 11 is 5.80. The van der Waals surface area contributed by atoms with Gasteiger partial charge in [-0.1, -0.05) is 17.7 Å². The molecule has 0 saturated heterocycles. The molecule has 0 spiro atoms. The van der Waals surface area contributed by atoms with Gasteiger partial charge in [0.1, 0.15) is 0 Å². The number of fused-ring (bicyclic) bond motifs is 1. The molecule has 25 heavy (non-hydrogen) atoms. The fraction of sp³-hybridized carbons (Fsp3) is 0.167. The molecule has 0 fully saturated rings. The van der Waals surface area contributed by atoms with E-state index in [0.717, 1.165) is 11.3 Å². The quantitative estimate of drug-likeness (QED) is 0.655. The maximum Gasteiger partial charge on any atom is 0.251 e. The van der Waals surface area contributed by atoms with Gasteiger partial charge in [0.25, 0.3) is 5.91 Å². The van der Waals surface area contributed by atoms with Crippen LogP contribution in [0.1, 0.15) is 22.3 Å². The number of aromatic nitrogens is 2. The summed E-state index contributed by atoms with van der Waals surface area (Å²) in [5.41, 5.74) is 3.73. The molecule has 2 amide bonds. The van der Waals surface area contributed by atoms with Gasteiger partial charge in [-0.05, 0) is 48.9 Å². The second kappa shape index (κ2) is 7.36. The first-order chi connectivity index (χ1) is 12.0. The molecule has 3 rings (SSSR count). The number of hydrogen-bond donors (Lipinski definition) is 3. The van der Waals surface area contributed by atoms with Crippen molar-refractivity contribution in [1.29, 1.82) is 0 Å². The highest BCUT2D eigenvalue weighted by molar-refractivity contribution is 6.29.